The first-order valence-electron chi connectivity index (χ1n) is 6.09. The zero-order valence-electron chi connectivity index (χ0n) is 9.78. The van der Waals surface area contributed by atoms with Crippen LogP contribution in [0.5, 0.6) is 0 Å². The molecule has 2 fully saturated rings. The fourth-order valence-corrected chi connectivity index (χ4v) is 5.03. The first kappa shape index (κ1) is 11.9. The normalized spacial score (nSPS) is 42.8. The Balaban J connectivity index is 2.15. The molecule has 1 atom stereocenters. The van der Waals surface area contributed by atoms with E-state index in [9.17, 15) is 13.7 Å². The Morgan fingerprint density at radius 1 is 1.25 bits per heavy atom. The summed E-state index contributed by atoms with van der Waals surface area (Å²) >= 11 is 0. The summed E-state index contributed by atoms with van der Waals surface area (Å²) in [7, 11) is -2.86. The second kappa shape index (κ2) is 4.03. The number of nitriles is 1. The Morgan fingerprint density at radius 2 is 1.88 bits per heavy atom. The maximum atomic E-state index is 11.5. The summed E-state index contributed by atoms with van der Waals surface area (Å²) < 4.78 is 23.0. The molecule has 1 aliphatic carbocycles. The molecule has 90 valence electrons. The number of hydrogen-bond acceptors (Lipinski definition) is 3. The third-order valence-electron chi connectivity index (χ3n) is 4.40. The second-order valence-electron chi connectivity index (χ2n) is 5.55. The van der Waals surface area contributed by atoms with Crippen LogP contribution in [-0.4, -0.2) is 19.9 Å². The van der Waals surface area contributed by atoms with Gasteiger partial charge in [0, 0.05) is 0 Å². The van der Waals surface area contributed by atoms with Crippen molar-refractivity contribution in [2.24, 2.45) is 17.3 Å². The average molecular weight is 241 g/mol. The van der Waals surface area contributed by atoms with Crippen LogP contribution in [0.15, 0.2) is 0 Å². The predicted octanol–water partition coefficient (Wildman–Crippen LogP) is 2.14. The van der Waals surface area contributed by atoms with Crippen LogP contribution < -0.4 is 0 Å². The summed E-state index contributed by atoms with van der Waals surface area (Å²) in [5.41, 5.74) is -0.337. The first-order chi connectivity index (χ1) is 7.47. The molecule has 0 N–H and O–H groups in total. The predicted molar refractivity (Wildman–Crippen MR) is 62.4 cm³/mol. The average Bonchev–Trinajstić information content (AvgIpc) is 2.61. The molecule has 3 nitrogen and oxygen atoms in total. The molecule has 16 heavy (non-hydrogen) atoms. The summed E-state index contributed by atoms with van der Waals surface area (Å²) in [6.45, 7) is 2.21. The molecule has 4 heteroatoms. The van der Waals surface area contributed by atoms with Gasteiger partial charge < -0.3 is 0 Å². The summed E-state index contributed by atoms with van der Waals surface area (Å²) in [5.74, 6) is 1.32. The molecule has 0 bridgehead atoms. The molecule has 1 saturated heterocycles. The van der Waals surface area contributed by atoms with Crippen molar-refractivity contribution in [3.8, 4) is 6.07 Å². The van der Waals surface area contributed by atoms with Crippen LogP contribution in [0.2, 0.25) is 0 Å². The Labute approximate surface area is 97.8 Å². The SMILES string of the molecule is CC1CCC(C#N)(C2CCS(=O)(=O)C2)CC1. The van der Waals surface area contributed by atoms with Crippen molar-refractivity contribution in [2.45, 2.75) is 39.0 Å². The van der Waals surface area contributed by atoms with Gasteiger partial charge in [0.25, 0.3) is 0 Å². The Kier molecular flexibility index (Phi) is 3.00. The lowest BCUT2D eigenvalue weighted by molar-refractivity contribution is 0.152. The van der Waals surface area contributed by atoms with Crippen molar-refractivity contribution in [1.29, 1.82) is 5.26 Å². The minimum Gasteiger partial charge on any atom is -0.229 e. The molecule has 1 heterocycles. The minimum atomic E-state index is -2.86. The van der Waals surface area contributed by atoms with E-state index in [0.717, 1.165) is 25.7 Å². The van der Waals surface area contributed by atoms with Crippen molar-refractivity contribution in [2.75, 3.05) is 11.5 Å². The van der Waals surface area contributed by atoms with Gasteiger partial charge in [0.2, 0.25) is 0 Å². The highest BCUT2D eigenvalue weighted by molar-refractivity contribution is 7.91. The van der Waals surface area contributed by atoms with Gasteiger partial charge in [-0.25, -0.2) is 8.42 Å². The van der Waals surface area contributed by atoms with Crippen molar-refractivity contribution in [3.05, 3.63) is 0 Å². The quantitative estimate of drug-likeness (QED) is 0.706. The molecule has 1 aliphatic heterocycles. The molecular weight excluding hydrogens is 222 g/mol. The highest BCUT2D eigenvalue weighted by Gasteiger charge is 2.46. The fraction of sp³-hybridized carbons (Fsp3) is 0.917. The molecule has 1 unspecified atom stereocenters. The van der Waals surface area contributed by atoms with E-state index in [-0.39, 0.29) is 22.8 Å². The van der Waals surface area contributed by atoms with Gasteiger partial charge in [0.15, 0.2) is 9.84 Å². The van der Waals surface area contributed by atoms with E-state index < -0.39 is 9.84 Å². The van der Waals surface area contributed by atoms with Gasteiger partial charge >= 0.3 is 0 Å². The number of nitrogens with zero attached hydrogens (tertiary/aromatic N) is 1. The zero-order valence-corrected chi connectivity index (χ0v) is 10.6. The lowest BCUT2D eigenvalue weighted by atomic mass is 9.64. The number of rotatable bonds is 1. The van der Waals surface area contributed by atoms with Crippen molar-refractivity contribution >= 4 is 9.84 Å². The smallest absolute Gasteiger partial charge is 0.150 e. The summed E-state index contributed by atoms with van der Waals surface area (Å²) in [5, 5.41) is 9.41. The maximum Gasteiger partial charge on any atom is 0.150 e. The fourth-order valence-electron chi connectivity index (χ4n) is 3.12. The van der Waals surface area contributed by atoms with Gasteiger partial charge in [-0.1, -0.05) is 6.92 Å². The van der Waals surface area contributed by atoms with Crippen molar-refractivity contribution in [3.63, 3.8) is 0 Å². The number of hydrogen-bond donors (Lipinski definition) is 0. The monoisotopic (exact) mass is 241 g/mol. The summed E-state index contributed by atoms with van der Waals surface area (Å²) in [4.78, 5) is 0. The summed E-state index contributed by atoms with van der Waals surface area (Å²) in [6, 6.07) is 2.45. The van der Waals surface area contributed by atoms with Gasteiger partial charge in [-0.15, -0.1) is 0 Å². The zero-order chi connectivity index (χ0) is 11.8. The molecule has 2 rings (SSSR count). The van der Waals surface area contributed by atoms with Gasteiger partial charge in [0.1, 0.15) is 0 Å². The van der Waals surface area contributed by atoms with Gasteiger partial charge in [-0.3, -0.25) is 0 Å². The van der Waals surface area contributed by atoms with Crippen LogP contribution in [0.25, 0.3) is 0 Å². The molecule has 0 amide bonds. The van der Waals surface area contributed by atoms with Gasteiger partial charge in [0.05, 0.1) is 23.0 Å². The number of sulfone groups is 1. The van der Waals surface area contributed by atoms with E-state index in [0.29, 0.717) is 12.3 Å². The topological polar surface area (TPSA) is 57.9 Å². The van der Waals surface area contributed by atoms with Gasteiger partial charge in [-0.2, -0.15) is 5.26 Å². The maximum absolute atomic E-state index is 11.5. The Bertz CT molecular complexity index is 399. The standard InChI is InChI=1S/C12H19NO2S/c1-10-2-5-12(9-13,6-3-10)11-4-7-16(14,15)8-11/h10-11H,2-8H2,1H3. The van der Waals surface area contributed by atoms with E-state index in [1.165, 1.54) is 0 Å². The highest BCUT2D eigenvalue weighted by atomic mass is 32.2. The van der Waals surface area contributed by atoms with Crippen LogP contribution in [0.1, 0.15) is 39.0 Å². The van der Waals surface area contributed by atoms with Crippen molar-refractivity contribution < 1.29 is 8.42 Å². The molecule has 0 aromatic carbocycles. The van der Waals surface area contributed by atoms with Crippen LogP contribution in [-0.2, 0) is 9.84 Å². The molecule has 0 aromatic rings. The molecule has 0 aromatic heterocycles. The minimum absolute atomic E-state index is 0.0926. The molecule has 1 saturated carbocycles. The van der Waals surface area contributed by atoms with Crippen molar-refractivity contribution in [1.82, 2.24) is 0 Å². The summed E-state index contributed by atoms with van der Waals surface area (Å²) in [6.07, 6.45) is 4.63. The lowest BCUT2D eigenvalue weighted by Crippen LogP contribution is -2.34. The Morgan fingerprint density at radius 3 is 2.31 bits per heavy atom. The lowest BCUT2D eigenvalue weighted by Gasteiger charge is -2.37. The van der Waals surface area contributed by atoms with E-state index in [2.05, 4.69) is 13.0 Å². The van der Waals surface area contributed by atoms with E-state index in [1.807, 2.05) is 0 Å². The third-order valence-corrected chi connectivity index (χ3v) is 6.17. The largest absolute Gasteiger partial charge is 0.229 e. The van der Waals surface area contributed by atoms with Gasteiger partial charge in [-0.05, 0) is 43.9 Å². The van der Waals surface area contributed by atoms with E-state index >= 15 is 0 Å². The van der Waals surface area contributed by atoms with Crippen LogP contribution in [0, 0.1) is 28.6 Å². The van der Waals surface area contributed by atoms with E-state index in [4.69, 9.17) is 0 Å². The van der Waals surface area contributed by atoms with Crippen LogP contribution >= 0.6 is 0 Å². The van der Waals surface area contributed by atoms with Crippen LogP contribution in [0.3, 0.4) is 0 Å². The molecule has 2 aliphatic rings. The van der Waals surface area contributed by atoms with Crippen LogP contribution in [0.4, 0.5) is 0 Å². The van der Waals surface area contributed by atoms with E-state index in [1.54, 1.807) is 0 Å². The molecule has 0 radical (unpaired) electrons. The highest BCUT2D eigenvalue weighted by Crippen LogP contribution is 2.47. The molecular formula is C12H19NO2S. The third kappa shape index (κ3) is 2.10. The Hall–Kier alpha value is -0.560. The second-order valence-corrected chi connectivity index (χ2v) is 7.78. The molecule has 0 spiro atoms. The first-order valence-corrected chi connectivity index (χ1v) is 7.91.